The molecule has 2 aliphatic carbocycles. The first-order chi connectivity index (χ1) is 31.0. The Morgan fingerprint density at radius 3 is 1.59 bits per heavy atom. The maximum atomic E-state index is 2.63. The first kappa shape index (κ1) is 43.4. The predicted octanol–water partition coefficient (Wildman–Crippen LogP) is 18.0. The minimum absolute atomic E-state index is 0.106. The molecular formula is C59H66N2S2. The van der Waals surface area contributed by atoms with Crippen LogP contribution in [-0.2, 0) is 37.5 Å². The molecule has 1 atom stereocenters. The minimum Gasteiger partial charge on any atom is -0.302 e. The normalized spacial score (nSPS) is 13.8. The van der Waals surface area contributed by atoms with Crippen molar-refractivity contribution in [1.82, 2.24) is 0 Å². The molecule has 0 spiro atoms. The Labute approximate surface area is 386 Å². The standard InChI is InChI=1S/C59H66N2S2/c1-5-9-20-43(6-2)42-59(38-19-11-10-14-21-44-26-27-45-28-29-46(45)39-44)55-40-49(60(47-22-15-12-16-23-47)57-36-32-51(7-3)62-57)30-34-53(55)54-35-31-50(41-56(54)59)61(48-24-17-13-18-25-48)58-37-33-52(8-4)63-58/h12-13,15-18,22-27,30-37,39-41,43H,5-11,14,19-21,28-29,38,42H2,1-4H3. The van der Waals surface area contributed by atoms with Crippen molar-refractivity contribution in [2.45, 2.75) is 129 Å². The molecule has 1 unspecified atom stereocenters. The molecule has 0 amide bonds. The van der Waals surface area contributed by atoms with Crippen molar-refractivity contribution in [3.8, 4) is 11.1 Å². The zero-order valence-electron chi connectivity index (χ0n) is 38.2. The van der Waals surface area contributed by atoms with Crippen molar-refractivity contribution in [1.29, 1.82) is 0 Å². The number of hydrogen-bond acceptors (Lipinski definition) is 4. The van der Waals surface area contributed by atoms with Gasteiger partial charge in [-0.3, -0.25) is 0 Å². The smallest absolute Gasteiger partial charge is 0.100 e. The lowest BCUT2D eigenvalue weighted by Gasteiger charge is -2.37. The number of fused-ring (bicyclic) bond motifs is 4. The highest BCUT2D eigenvalue weighted by Gasteiger charge is 2.45. The van der Waals surface area contributed by atoms with Crippen molar-refractivity contribution in [2.24, 2.45) is 5.92 Å². The molecule has 0 aliphatic heterocycles. The molecular weight excluding hydrogens is 801 g/mol. The molecule has 0 N–H and O–H groups in total. The Bertz CT molecular complexity index is 2450. The Kier molecular flexibility index (Phi) is 13.7. The third-order valence-electron chi connectivity index (χ3n) is 14.2. The van der Waals surface area contributed by atoms with Crippen molar-refractivity contribution >= 4 is 55.4 Å². The van der Waals surface area contributed by atoms with Crippen LogP contribution in [0.1, 0.15) is 129 Å². The van der Waals surface area contributed by atoms with Gasteiger partial charge >= 0.3 is 0 Å². The van der Waals surface area contributed by atoms with Gasteiger partial charge in [0.15, 0.2) is 0 Å². The second-order valence-electron chi connectivity index (χ2n) is 18.2. The van der Waals surface area contributed by atoms with Crippen LogP contribution in [0.5, 0.6) is 0 Å². The average molecular weight is 867 g/mol. The van der Waals surface area contributed by atoms with Crippen LogP contribution in [0, 0.1) is 5.92 Å². The summed E-state index contributed by atoms with van der Waals surface area (Å²) in [5.41, 5.74) is 15.5. The van der Waals surface area contributed by atoms with Gasteiger partial charge in [-0.15, -0.1) is 22.7 Å². The predicted molar refractivity (Wildman–Crippen MR) is 275 cm³/mol. The van der Waals surface area contributed by atoms with E-state index in [1.54, 1.807) is 11.1 Å². The Morgan fingerprint density at radius 1 is 0.524 bits per heavy atom. The van der Waals surface area contributed by atoms with E-state index in [9.17, 15) is 0 Å². The monoisotopic (exact) mass is 866 g/mol. The molecule has 0 saturated heterocycles. The molecule has 9 rings (SSSR count). The third kappa shape index (κ3) is 9.09. The molecule has 0 radical (unpaired) electrons. The van der Waals surface area contributed by atoms with Crippen LogP contribution in [0.25, 0.3) is 11.1 Å². The summed E-state index contributed by atoms with van der Waals surface area (Å²) in [6, 6.07) is 53.8. The second-order valence-corrected chi connectivity index (χ2v) is 20.5. The molecule has 63 heavy (non-hydrogen) atoms. The number of rotatable bonds is 21. The van der Waals surface area contributed by atoms with Crippen molar-refractivity contribution < 1.29 is 0 Å². The molecule has 4 heteroatoms. The minimum atomic E-state index is -0.106. The Morgan fingerprint density at radius 2 is 1.10 bits per heavy atom. The van der Waals surface area contributed by atoms with Gasteiger partial charge in [0, 0.05) is 37.9 Å². The first-order valence-electron chi connectivity index (χ1n) is 24.3. The van der Waals surface area contributed by atoms with Crippen LogP contribution in [0.3, 0.4) is 0 Å². The molecule has 2 aromatic heterocycles. The van der Waals surface area contributed by atoms with E-state index in [0.29, 0.717) is 5.92 Å². The maximum Gasteiger partial charge on any atom is 0.100 e. The number of nitrogens with zero attached hydrogens (tertiary/aromatic N) is 2. The zero-order valence-corrected chi connectivity index (χ0v) is 39.8. The zero-order chi connectivity index (χ0) is 43.2. The van der Waals surface area contributed by atoms with Crippen molar-refractivity contribution in [2.75, 3.05) is 9.80 Å². The van der Waals surface area contributed by atoms with E-state index in [1.165, 1.54) is 147 Å². The fourth-order valence-corrected chi connectivity index (χ4v) is 12.6. The third-order valence-corrected chi connectivity index (χ3v) is 16.7. The topological polar surface area (TPSA) is 6.48 Å². The lowest BCUT2D eigenvalue weighted by Crippen LogP contribution is -2.29. The van der Waals surface area contributed by atoms with E-state index in [4.69, 9.17) is 0 Å². The Balaban J connectivity index is 1.15. The molecule has 0 saturated carbocycles. The molecule has 2 aliphatic rings. The highest BCUT2D eigenvalue weighted by atomic mass is 32.1. The van der Waals surface area contributed by atoms with Gasteiger partial charge in [0.05, 0.1) is 0 Å². The van der Waals surface area contributed by atoms with Gasteiger partial charge < -0.3 is 9.80 Å². The maximum absolute atomic E-state index is 2.63. The van der Waals surface area contributed by atoms with Crippen LogP contribution in [0.15, 0.2) is 140 Å². The molecule has 2 heterocycles. The number of benzene rings is 5. The summed E-state index contributed by atoms with van der Waals surface area (Å²) in [5, 5.41) is 2.56. The number of hydrogen-bond donors (Lipinski definition) is 0. The summed E-state index contributed by atoms with van der Waals surface area (Å²) in [7, 11) is 0. The van der Waals surface area contributed by atoms with Gasteiger partial charge in [-0.05, 0) is 169 Å². The second kappa shape index (κ2) is 19.9. The summed E-state index contributed by atoms with van der Waals surface area (Å²) in [6.45, 7) is 9.35. The fourth-order valence-electron chi connectivity index (χ4n) is 10.6. The van der Waals surface area contributed by atoms with Gasteiger partial charge in [-0.1, -0.05) is 139 Å². The van der Waals surface area contributed by atoms with E-state index in [2.05, 4.69) is 177 Å². The SMILES string of the molecule is CCCCC(CC)CC1(CCCCCCc2ccc3c(c2)CC3)c2cc(N(c3ccccc3)c3ccc(CC)s3)ccc2-c2ccc(N(c3ccccc3)c3ccc(CC)s3)cc21. The summed E-state index contributed by atoms with van der Waals surface area (Å²) in [6.07, 6.45) is 18.2. The van der Waals surface area contributed by atoms with E-state index in [-0.39, 0.29) is 5.41 Å². The van der Waals surface area contributed by atoms with E-state index < -0.39 is 0 Å². The quantitative estimate of drug-likeness (QED) is 0.0664. The van der Waals surface area contributed by atoms with Crippen molar-refractivity contribution in [3.63, 3.8) is 0 Å². The number of thiophene rings is 2. The number of unbranched alkanes of at least 4 members (excludes halogenated alkanes) is 4. The van der Waals surface area contributed by atoms with Gasteiger partial charge in [0.2, 0.25) is 0 Å². The van der Waals surface area contributed by atoms with Crippen LogP contribution in [-0.4, -0.2) is 0 Å². The van der Waals surface area contributed by atoms with E-state index in [1.807, 2.05) is 22.7 Å². The highest BCUT2D eigenvalue weighted by molar-refractivity contribution is 7.16. The lowest BCUT2D eigenvalue weighted by atomic mass is 9.67. The summed E-state index contributed by atoms with van der Waals surface area (Å²) in [5.74, 6) is 0.649. The lowest BCUT2D eigenvalue weighted by molar-refractivity contribution is 0.311. The number of anilines is 6. The van der Waals surface area contributed by atoms with Gasteiger partial charge in [-0.25, -0.2) is 0 Å². The Hall–Kier alpha value is -4.90. The molecule has 5 aromatic carbocycles. The van der Waals surface area contributed by atoms with Crippen LogP contribution in [0.4, 0.5) is 32.8 Å². The molecule has 7 aromatic rings. The number of para-hydroxylation sites is 2. The van der Waals surface area contributed by atoms with E-state index in [0.717, 1.165) is 19.3 Å². The molecule has 0 bridgehead atoms. The number of aryl methyl sites for hydroxylation is 5. The summed E-state index contributed by atoms with van der Waals surface area (Å²) in [4.78, 5) is 7.88. The van der Waals surface area contributed by atoms with Crippen LogP contribution in [0.2, 0.25) is 0 Å². The molecule has 324 valence electrons. The highest BCUT2D eigenvalue weighted by Crippen LogP contribution is 2.58. The largest absolute Gasteiger partial charge is 0.302 e. The summed E-state index contributed by atoms with van der Waals surface area (Å²) >= 11 is 3.85. The van der Waals surface area contributed by atoms with Crippen LogP contribution < -0.4 is 9.80 Å². The van der Waals surface area contributed by atoms with Gasteiger partial charge in [-0.2, -0.15) is 0 Å². The molecule has 2 nitrogen and oxygen atoms in total. The van der Waals surface area contributed by atoms with Gasteiger partial charge in [0.25, 0.3) is 0 Å². The first-order valence-corrected chi connectivity index (χ1v) is 25.9. The van der Waals surface area contributed by atoms with Crippen molar-refractivity contribution in [3.05, 3.63) is 177 Å². The van der Waals surface area contributed by atoms with Gasteiger partial charge in [0.1, 0.15) is 10.0 Å². The fraction of sp³-hybridized carbons (Fsp3) is 0.356. The van der Waals surface area contributed by atoms with E-state index >= 15 is 0 Å². The summed E-state index contributed by atoms with van der Waals surface area (Å²) < 4.78 is 0. The molecule has 0 fully saturated rings. The average Bonchev–Trinajstić information content (AvgIpc) is 4.06. The van der Waals surface area contributed by atoms with Crippen LogP contribution >= 0.6 is 22.7 Å².